The summed E-state index contributed by atoms with van der Waals surface area (Å²) >= 11 is 0. The Morgan fingerprint density at radius 1 is 1.07 bits per heavy atom. The van der Waals surface area contributed by atoms with Crippen LogP contribution in [0.2, 0.25) is 0 Å². The van der Waals surface area contributed by atoms with Crippen molar-refractivity contribution in [2.45, 2.75) is 12.5 Å². The first-order valence-corrected chi connectivity index (χ1v) is 9.70. The van der Waals surface area contributed by atoms with Gasteiger partial charge in [0, 0.05) is 12.1 Å². The molecule has 0 aromatic heterocycles. The smallest absolute Gasteiger partial charge is 0.295 e. The summed E-state index contributed by atoms with van der Waals surface area (Å²) in [6, 6.07) is 12.2. The molecule has 0 spiro atoms. The van der Waals surface area contributed by atoms with Crippen molar-refractivity contribution in [1.82, 2.24) is 9.80 Å². The molecule has 1 saturated heterocycles. The van der Waals surface area contributed by atoms with Crippen molar-refractivity contribution in [3.05, 3.63) is 65.2 Å². The van der Waals surface area contributed by atoms with Gasteiger partial charge in [-0.3, -0.25) is 9.59 Å². The molecule has 3 rings (SSSR count). The SMILES string of the molecule is COc1ccc(/C(O)=C2/C(=O)C(=O)N(CCCN(C)C)C2c2ccc(O)cc2)cc1. The van der Waals surface area contributed by atoms with Crippen molar-refractivity contribution in [1.29, 1.82) is 0 Å². The summed E-state index contributed by atoms with van der Waals surface area (Å²) in [6.07, 6.45) is 0.678. The van der Waals surface area contributed by atoms with Crippen LogP contribution in [0.15, 0.2) is 54.1 Å². The molecule has 1 amide bonds. The van der Waals surface area contributed by atoms with Gasteiger partial charge in [0.2, 0.25) is 0 Å². The summed E-state index contributed by atoms with van der Waals surface area (Å²) in [6.45, 7) is 1.12. The molecule has 1 unspecified atom stereocenters. The first-order valence-electron chi connectivity index (χ1n) is 9.70. The molecule has 0 radical (unpaired) electrons. The number of amides is 1. The van der Waals surface area contributed by atoms with Gasteiger partial charge in [0.15, 0.2) is 0 Å². The van der Waals surface area contributed by atoms with E-state index in [0.29, 0.717) is 29.8 Å². The number of methoxy groups -OCH3 is 1. The van der Waals surface area contributed by atoms with Gasteiger partial charge in [0.05, 0.1) is 18.7 Å². The van der Waals surface area contributed by atoms with E-state index in [9.17, 15) is 19.8 Å². The molecule has 7 heteroatoms. The monoisotopic (exact) mass is 410 g/mol. The topological polar surface area (TPSA) is 90.3 Å². The third-order valence-electron chi connectivity index (χ3n) is 5.12. The molecule has 0 saturated carbocycles. The highest BCUT2D eigenvalue weighted by atomic mass is 16.5. The lowest BCUT2D eigenvalue weighted by atomic mass is 9.95. The number of ether oxygens (including phenoxy) is 1. The number of benzene rings is 2. The Morgan fingerprint density at radius 2 is 1.70 bits per heavy atom. The fourth-order valence-electron chi connectivity index (χ4n) is 3.58. The molecular weight excluding hydrogens is 384 g/mol. The van der Waals surface area contributed by atoms with Gasteiger partial charge in [-0.2, -0.15) is 0 Å². The van der Waals surface area contributed by atoms with E-state index >= 15 is 0 Å². The number of aromatic hydroxyl groups is 1. The van der Waals surface area contributed by atoms with Crippen LogP contribution in [0.1, 0.15) is 23.6 Å². The van der Waals surface area contributed by atoms with Crippen molar-refractivity contribution >= 4 is 17.4 Å². The fourth-order valence-corrected chi connectivity index (χ4v) is 3.58. The highest BCUT2D eigenvalue weighted by Crippen LogP contribution is 2.40. The number of phenols is 1. The number of carbonyl (C=O) groups is 2. The highest BCUT2D eigenvalue weighted by molar-refractivity contribution is 6.46. The van der Waals surface area contributed by atoms with Gasteiger partial charge in [-0.05, 0) is 69.0 Å². The maximum atomic E-state index is 12.9. The van der Waals surface area contributed by atoms with Gasteiger partial charge in [-0.25, -0.2) is 0 Å². The zero-order valence-corrected chi connectivity index (χ0v) is 17.3. The van der Waals surface area contributed by atoms with Gasteiger partial charge in [0.25, 0.3) is 11.7 Å². The first kappa shape index (κ1) is 21.4. The van der Waals surface area contributed by atoms with Crippen molar-refractivity contribution in [2.24, 2.45) is 0 Å². The summed E-state index contributed by atoms with van der Waals surface area (Å²) in [5, 5.41) is 20.6. The lowest BCUT2D eigenvalue weighted by Crippen LogP contribution is -2.32. The fraction of sp³-hybridized carbons (Fsp3) is 0.304. The molecule has 0 bridgehead atoms. The molecule has 0 aliphatic carbocycles. The molecule has 1 fully saturated rings. The predicted molar refractivity (Wildman–Crippen MR) is 113 cm³/mol. The molecule has 2 aromatic rings. The van der Waals surface area contributed by atoms with E-state index in [0.717, 1.165) is 6.54 Å². The van der Waals surface area contributed by atoms with Gasteiger partial charge in [-0.1, -0.05) is 12.1 Å². The standard InChI is InChI=1S/C23H26N2O5/c1-24(2)13-4-14-25-20(15-5-9-17(26)10-6-15)19(22(28)23(25)29)21(27)16-7-11-18(30-3)12-8-16/h5-12,20,26-27H,4,13-14H2,1-3H3/b21-19-. The van der Waals surface area contributed by atoms with Crippen LogP contribution >= 0.6 is 0 Å². The average molecular weight is 410 g/mol. The van der Waals surface area contributed by atoms with Crippen LogP contribution in [0.5, 0.6) is 11.5 Å². The molecular formula is C23H26N2O5. The Balaban J connectivity index is 2.06. The molecule has 158 valence electrons. The second kappa shape index (κ2) is 9.00. The number of phenolic OH excluding ortho intramolecular Hbond substituents is 1. The summed E-state index contributed by atoms with van der Waals surface area (Å²) in [5.74, 6) is -0.887. The quantitative estimate of drug-likeness (QED) is 0.414. The molecule has 1 atom stereocenters. The predicted octanol–water partition coefficient (Wildman–Crippen LogP) is 2.77. The zero-order chi connectivity index (χ0) is 21.8. The van der Waals surface area contributed by atoms with E-state index in [1.807, 2.05) is 19.0 Å². The first-order chi connectivity index (χ1) is 14.3. The Hall–Kier alpha value is -3.32. The van der Waals surface area contributed by atoms with Crippen molar-refractivity contribution in [2.75, 3.05) is 34.3 Å². The second-order valence-electron chi connectivity index (χ2n) is 7.47. The lowest BCUT2D eigenvalue weighted by molar-refractivity contribution is -0.139. The minimum atomic E-state index is -0.727. The van der Waals surface area contributed by atoms with E-state index in [1.165, 1.54) is 17.0 Å². The van der Waals surface area contributed by atoms with Crippen LogP contribution in [0.25, 0.3) is 5.76 Å². The normalized spacial score (nSPS) is 18.3. The Morgan fingerprint density at radius 3 is 2.27 bits per heavy atom. The highest BCUT2D eigenvalue weighted by Gasteiger charge is 2.45. The number of aliphatic hydroxyl groups is 1. The minimum Gasteiger partial charge on any atom is -0.508 e. The van der Waals surface area contributed by atoms with Crippen LogP contribution < -0.4 is 4.74 Å². The van der Waals surface area contributed by atoms with Crippen LogP contribution in [-0.2, 0) is 9.59 Å². The van der Waals surface area contributed by atoms with Crippen molar-refractivity contribution in [3.63, 3.8) is 0 Å². The van der Waals surface area contributed by atoms with Crippen LogP contribution in [0.3, 0.4) is 0 Å². The van der Waals surface area contributed by atoms with Gasteiger partial charge in [0.1, 0.15) is 17.3 Å². The van der Waals surface area contributed by atoms with E-state index in [1.54, 1.807) is 43.5 Å². The lowest BCUT2D eigenvalue weighted by Gasteiger charge is -2.26. The summed E-state index contributed by atoms with van der Waals surface area (Å²) in [7, 11) is 5.42. The van der Waals surface area contributed by atoms with Gasteiger partial charge < -0.3 is 24.7 Å². The summed E-state index contributed by atoms with van der Waals surface area (Å²) in [5.41, 5.74) is 1.11. The number of ketones is 1. The van der Waals surface area contributed by atoms with Gasteiger partial charge >= 0.3 is 0 Å². The van der Waals surface area contributed by atoms with E-state index in [2.05, 4.69) is 0 Å². The average Bonchev–Trinajstić information content (AvgIpc) is 2.98. The van der Waals surface area contributed by atoms with Gasteiger partial charge in [-0.15, -0.1) is 0 Å². The molecule has 30 heavy (non-hydrogen) atoms. The molecule has 1 aliphatic rings. The largest absolute Gasteiger partial charge is 0.508 e. The summed E-state index contributed by atoms with van der Waals surface area (Å²) < 4.78 is 5.14. The molecule has 2 N–H and O–H groups in total. The molecule has 2 aromatic carbocycles. The van der Waals surface area contributed by atoms with Crippen molar-refractivity contribution < 1.29 is 24.5 Å². The van der Waals surface area contributed by atoms with Crippen LogP contribution in [-0.4, -0.2) is 66.0 Å². The number of hydrogen-bond acceptors (Lipinski definition) is 6. The maximum absolute atomic E-state index is 12.9. The van der Waals surface area contributed by atoms with E-state index < -0.39 is 17.7 Å². The Bertz CT molecular complexity index is 949. The number of nitrogens with zero attached hydrogens (tertiary/aromatic N) is 2. The Kier molecular flexibility index (Phi) is 6.42. The van der Waals surface area contributed by atoms with E-state index in [-0.39, 0.29) is 17.1 Å². The number of hydrogen-bond donors (Lipinski definition) is 2. The Labute approximate surface area is 175 Å². The van der Waals surface area contributed by atoms with Crippen LogP contribution in [0, 0.1) is 0 Å². The maximum Gasteiger partial charge on any atom is 0.295 e. The number of likely N-dealkylation sites (tertiary alicyclic amines) is 1. The second-order valence-corrected chi connectivity index (χ2v) is 7.47. The number of aliphatic hydroxyl groups excluding tert-OH is 1. The molecule has 1 aliphatic heterocycles. The van der Waals surface area contributed by atoms with E-state index in [4.69, 9.17) is 4.74 Å². The summed E-state index contributed by atoms with van der Waals surface area (Å²) in [4.78, 5) is 29.2. The molecule has 7 nitrogen and oxygen atoms in total. The third-order valence-corrected chi connectivity index (χ3v) is 5.12. The number of carbonyl (C=O) groups excluding carboxylic acids is 2. The number of rotatable bonds is 7. The number of Topliss-reactive ketones (excluding diaryl/α,β-unsaturated/α-hetero) is 1. The van der Waals surface area contributed by atoms with Crippen LogP contribution in [0.4, 0.5) is 0 Å². The van der Waals surface area contributed by atoms with Crippen molar-refractivity contribution in [3.8, 4) is 11.5 Å². The minimum absolute atomic E-state index is 0.0423. The third kappa shape index (κ3) is 4.31. The zero-order valence-electron chi connectivity index (χ0n) is 17.3. The molecule has 1 heterocycles.